The van der Waals surface area contributed by atoms with Gasteiger partial charge in [0.2, 0.25) is 0 Å². The highest BCUT2D eigenvalue weighted by molar-refractivity contribution is 5.67. The van der Waals surface area contributed by atoms with Crippen molar-refractivity contribution in [2.75, 3.05) is 26.2 Å². The van der Waals surface area contributed by atoms with E-state index < -0.39 is 0 Å². The van der Waals surface area contributed by atoms with Crippen LogP contribution in [0.25, 0.3) is 0 Å². The summed E-state index contributed by atoms with van der Waals surface area (Å²) < 4.78 is 5.37. The first-order chi connectivity index (χ1) is 7.81. The Bertz CT molecular complexity index is 239. The van der Waals surface area contributed by atoms with Crippen molar-refractivity contribution in [3.8, 4) is 0 Å². The Labute approximate surface area is 97.1 Å². The number of hydrogen-bond donors (Lipinski definition) is 1. The Kier molecular flexibility index (Phi) is 4.04. The topological polar surface area (TPSA) is 55.6 Å². The molecule has 1 saturated heterocycles. The number of rotatable bonds is 3. The summed E-state index contributed by atoms with van der Waals surface area (Å²) in [6.07, 6.45) is 5.69. The van der Waals surface area contributed by atoms with Crippen molar-refractivity contribution in [3.63, 3.8) is 0 Å². The molecule has 4 heteroatoms. The molecule has 0 radical (unpaired) electrons. The molecule has 0 spiro atoms. The second-order valence-electron chi connectivity index (χ2n) is 4.96. The van der Waals surface area contributed by atoms with E-state index in [-0.39, 0.29) is 6.09 Å². The molecule has 4 nitrogen and oxygen atoms in total. The number of carbonyl (C=O) groups is 1. The highest BCUT2D eigenvalue weighted by Gasteiger charge is 2.28. The Morgan fingerprint density at radius 2 is 1.88 bits per heavy atom. The van der Waals surface area contributed by atoms with Gasteiger partial charge in [-0.2, -0.15) is 0 Å². The van der Waals surface area contributed by atoms with Crippen molar-refractivity contribution in [2.24, 2.45) is 17.6 Å². The first-order valence-electron chi connectivity index (χ1n) is 6.43. The lowest BCUT2D eigenvalue weighted by atomic mass is 9.97. The molecule has 1 heterocycles. The summed E-state index contributed by atoms with van der Waals surface area (Å²) in [6, 6.07) is 0. The van der Waals surface area contributed by atoms with Gasteiger partial charge in [0.05, 0.1) is 6.61 Å². The van der Waals surface area contributed by atoms with E-state index in [9.17, 15) is 4.79 Å². The van der Waals surface area contributed by atoms with Crippen molar-refractivity contribution in [1.82, 2.24) is 4.90 Å². The van der Waals surface area contributed by atoms with Crippen molar-refractivity contribution >= 4 is 6.09 Å². The molecule has 92 valence electrons. The lowest BCUT2D eigenvalue weighted by Gasteiger charge is -2.20. The molecule has 1 aliphatic carbocycles. The first-order valence-corrected chi connectivity index (χ1v) is 6.43. The molecule has 0 aromatic rings. The SMILES string of the molecule is NCC1CCCC1COC(=O)N1CCCC1. The van der Waals surface area contributed by atoms with Gasteiger partial charge in [0.15, 0.2) is 0 Å². The summed E-state index contributed by atoms with van der Waals surface area (Å²) in [7, 11) is 0. The number of ether oxygens (including phenoxy) is 1. The minimum atomic E-state index is -0.125. The van der Waals surface area contributed by atoms with Gasteiger partial charge in [0.1, 0.15) is 0 Å². The Morgan fingerprint density at radius 3 is 2.56 bits per heavy atom. The molecule has 16 heavy (non-hydrogen) atoms. The van der Waals surface area contributed by atoms with Gasteiger partial charge in [-0.1, -0.05) is 6.42 Å². The number of amides is 1. The van der Waals surface area contributed by atoms with Gasteiger partial charge in [-0.25, -0.2) is 4.79 Å². The van der Waals surface area contributed by atoms with E-state index >= 15 is 0 Å². The van der Waals surface area contributed by atoms with Gasteiger partial charge < -0.3 is 15.4 Å². The van der Waals surface area contributed by atoms with Gasteiger partial charge in [-0.3, -0.25) is 0 Å². The van der Waals surface area contributed by atoms with Crippen LogP contribution in [-0.2, 0) is 4.74 Å². The molecular formula is C12H22N2O2. The second kappa shape index (κ2) is 5.53. The number of nitrogens with two attached hydrogens (primary N) is 1. The zero-order chi connectivity index (χ0) is 11.4. The van der Waals surface area contributed by atoms with Crippen LogP contribution >= 0.6 is 0 Å². The summed E-state index contributed by atoms with van der Waals surface area (Å²) in [4.78, 5) is 13.5. The van der Waals surface area contributed by atoms with Crippen molar-refractivity contribution in [2.45, 2.75) is 32.1 Å². The van der Waals surface area contributed by atoms with Crippen molar-refractivity contribution < 1.29 is 9.53 Å². The smallest absolute Gasteiger partial charge is 0.409 e. The predicted molar refractivity (Wildman–Crippen MR) is 62.0 cm³/mol. The minimum absolute atomic E-state index is 0.125. The van der Waals surface area contributed by atoms with E-state index in [1.165, 1.54) is 12.8 Å². The van der Waals surface area contributed by atoms with E-state index in [0.717, 1.165) is 38.9 Å². The minimum Gasteiger partial charge on any atom is -0.449 e. The van der Waals surface area contributed by atoms with Crippen LogP contribution in [0, 0.1) is 11.8 Å². The van der Waals surface area contributed by atoms with Crippen LogP contribution in [0.3, 0.4) is 0 Å². The average molecular weight is 226 g/mol. The van der Waals surface area contributed by atoms with Crippen LogP contribution < -0.4 is 5.73 Å². The van der Waals surface area contributed by atoms with Gasteiger partial charge in [0, 0.05) is 13.1 Å². The largest absolute Gasteiger partial charge is 0.449 e. The van der Waals surface area contributed by atoms with E-state index in [1.54, 1.807) is 0 Å². The lowest BCUT2D eigenvalue weighted by Crippen LogP contribution is -2.31. The molecule has 2 aliphatic rings. The van der Waals surface area contributed by atoms with Gasteiger partial charge in [0.25, 0.3) is 0 Å². The predicted octanol–water partition coefficient (Wildman–Crippen LogP) is 1.59. The molecule has 1 amide bonds. The van der Waals surface area contributed by atoms with Crippen LogP contribution in [0.2, 0.25) is 0 Å². The Balaban J connectivity index is 1.71. The van der Waals surface area contributed by atoms with E-state index in [4.69, 9.17) is 10.5 Å². The summed E-state index contributed by atoms with van der Waals surface area (Å²) in [6.45, 7) is 3.02. The maximum atomic E-state index is 11.7. The second-order valence-corrected chi connectivity index (χ2v) is 4.96. The molecule has 2 unspecified atom stereocenters. The average Bonchev–Trinajstić information content (AvgIpc) is 2.96. The molecule has 0 aromatic heterocycles. The van der Waals surface area contributed by atoms with E-state index in [0.29, 0.717) is 18.4 Å². The fourth-order valence-corrected chi connectivity index (χ4v) is 2.81. The first kappa shape index (κ1) is 11.7. The van der Waals surface area contributed by atoms with Crippen LogP contribution in [-0.4, -0.2) is 37.2 Å². The highest BCUT2D eigenvalue weighted by Crippen LogP contribution is 2.31. The van der Waals surface area contributed by atoms with Crippen molar-refractivity contribution in [1.29, 1.82) is 0 Å². The maximum Gasteiger partial charge on any atom is 0.409 e. The molecule has 0 bridgehead atoms. The summed E-state index contributed by atoms with van der Waals surface area (Å²) in [5.74, 6) is 1.06. The molecule has 2 N–H and O–H groups in total. The summed E-state index contributed by atoms with van der Waals surface area (Å²) in [5.41, 5.74) is 5.70. The molecule has 1 aliphatic heterocycles. The molecular weight excluding hydrogens is 204 g/mol. The molecule has 1 saturated carbocycles. The number of hydrogen-bond acceptors (Lipinski definition) is 3. The third-order valence-electron chi connectivity index (χ3n) is 3.90. The molecule has 0 aromatic carbocycles. The third-order valence-corrected chi connectivity index (χ3v) is 3.90. The van der Waals surface area contributed by atoms with E-state index in [2.05, 4.69) is 0 Å². The van der Waals surface area contributed by atoms with Gasteiger partial charge in [-0.05, 0) is 44.1 Å². The van der Waals surface area contributed by atoms with Crippen LogP contribution in [0.4, 0.5) is 4.79 Å². The number of likely N-dealkylation sites (tertiary alicyclic amines) is 1. The normalized spacial score (nSPS) is 29.7. The lowest BCUT2D eigenvalue weighted by molar-refractivity contribution is 0.0878. The third kappa shape index (κ3) is 2.67. The fourth-order valence-electron chi connectivity index (χ4n) is 2.81. The van der Waals surface area contributed by atoms with Gasteiger partial charge in [-0.15, -0.1) is 0 Å². The maximum absolute atomic E-state index is 11.7. The molecule has 2 rings (SSSR count). The number of nitrogens with zero attached hydrogens (tertiary/aromatic N) is 1. The fraction of sp³-hybridized carbons (Fsp3) is 0.917. The Hall–Kier alpha value is -0.770. The molecule has 2 fully saturated rings. The van der Waals surface area contributed by atoms with Crippen LogP contribution in [0.15, 0.2) is 0 Å². The summed E-state index contributed by atoms with van der Waals surface area (Å²) in [5, 5.41) is 0. The van der Waals surface area contributed by atoms with Crippen LogP contribution in [0.5, 0.6) is 0 Å². The standard InChI is InChI=1S/C12H22N2O2/c13-8-10-4-3-5-11(10)9-16-12(15)14-6-1-2-7-14/h10-11H,1-9,13H2. The summed E-state index contributed by atoms with van der Waals surface area (Å²) >= 11 is 0. The zero-order valence-electron chi connectivity index (χ0n) is 9.86. The van der Waals surface area contributed by atoms with Crippen LogP contribution in [0.1, 0.15) is 32.1 Å². The monoisotopic (exact) mass is 226 g/mol. The Morgan fingerprint density at radius 1 is 1.19 bits per heavy atom. The van der Waals surface area contributed by atoms with Gasteiger partial charge >= 0.3 is 6.09 Å². The molecule has 2 atom stereocenters. The quantitative estimate of drug-likeness (QED) is 0.795. The highest BCUT2D eigenvalue weighted by atomic mass is 16.6. The zero-order valence-corrected chi connectivity index (χ0v) is 9.86. The van der Waals surface area contributed by atoms with E-state index in [1.807, 2.05) is 4.90 Å². The number of carbonyl (C=O) groups excluding carboxylic acids is 1. The van der Waals surface area contributed by atoms with Crippen molar-refractivity contribution in [3.05, 3.63) is 0 Å².